The molecule has 0 bridgehead atoms. The zero-order valence-corrected chi connectivity index (χ0v) is 43.2. The summed E-state index contributed by atoms with van der Waals surface area (Å²) in [6.07, 6.45) is 1.84. The summed E-state index contributed by atoms with van der Waals surface area (Å²) in [5.41, 5.74) is 15.4. The van der Waals surface area contributed by atoms with Crippen molar-refractivity contribution in [2.45, 2.75) is 20.8 Å². The third kappa shape index (κ3) is 11.8. The molecule has 12 rings (SSSR count). The van der Waals surface area contributed by atoms with Crippen molar-refractivity contribution < 1.29 is 9.59 Å². The summed E-state index contributed by atoms with van der Waals surface area (Å²) in [5.74, 6) is 2.70. The van der Waals surface area contributed by atoms with Gasteiger partial charge >= 0.3 is 0 Å². The highest BCUT2D eigenvalue weighted by Gasteiger charge is 2.27. The summed E-state index contributed by atoms with van der Waals surface area (Å²) >= 11 is 5.26. The van der Waals surface area contributed by atoms with Gasteiger partial charge in [0.05, 0.1) is 50.8 Å². The molecular formula is C51H60ClN13O2S3. The maximum Gasteiger partial charge on any atom is 0.209 e. The number of amides is 2. The minimum atomic E-state index is 0. The average Bonchev–Trinajstić information content (AvgIpc) is 3.96. The zero-order valence-electron chi connectivity index (χ0n) is 39.9. The monoisotopic (exact) mass is 1020 g/mol. The van der Waals surface area contributed by atoms with Gasteiger partial charge in [-0.05, 0) is 82.4 Å². The van der Waals surface area contributed by atoms with Crippen LogP contribution < -0.4 is 27.0 Å². The second-order valence-electron chi connectivity index (χ2n) is 17.4. The standard InChI is InChI=1S/C17H18N4OS.C17H20N4S.C12H11N3S.C5H10N2O.ClH/c1-12-10-13-16(21-8-6-20(11-22)7-9-21)18-14-4-2-3-5-15(14)19-17(13)23-12;1-12-11-13-16(21-9-7-20(2)8-10-21)18-14-5-3-4-6-15(14)19-17(13)22-12;1-7-6-8-11(13)14-9-4-2-3-5-10(9)15-12(8)16-7;8-5-7-3-1-6-2-4-7;/h2-5,10-11,19H,6-9H2,1H3;3-6,11,19H,7-10H2,1-2H3;2-6,15H,1H3,(H2,13,14);5-6H,1-4H2;1H. The molecule has 366 valence electrons. The number of hydrogen-bond acceptors (Lipinski definition) is 16. The van der Waals surface area contributed by atoms with Crippen LogP contribution in [0.15, 0.2) is 106 Å². The molecule has 9 heterocycles. The Hall–Kier alpha value is -6.28. The van der Waals surface area contributed by atoms with Gasteiger partial charge in [0.2, 0.25) is 12.8 Å². The molecule has 2 amide bonds. The van der Waals surface area contributed by atoms with E-state index in [0.717, 1.165) is 158 Å². The van der Waals surface area contributed by atoms with Crippen LogP contribution in [-0.4, -0.2) is 140 Å². The van der Waals surface area contributed by atoms with E-state index in [1.165, 1.54) is 25.2 Å². The van der Waals surface area contributed by atoms with Crippen LogP contribution in [0.25, 0.3) is 0 Å². The van der Waals surface area contributed by atoms with E-state index in [9.17, 15) is 9.59 Å². The van der Waals surface area contributed by atoms with Crippen molar-refractivity contribution >= 4 is 126 Å². The molecule has 0 spiro atoms. The molecule has 19 heteroatoms. The first kappa shape index (κ1) is 50.1. The number of carbonyl (C=O) groups excluding carboxylic acids is 2. The molecule has 3 saturated heterocycles. The first-order valence-electron chi connectivity index (χ1n) is 23.3. The number of anilines is 6. The van der Waals surface area contributed by atoms with Crippen LogP contribution in [0.5, 0.6) is 0 Å². The average molecular weight is 1020 g/mol. The summed E-state index contributed by atoms with van der Waals surface area (Å²) in [7, 11) is 2.18. The number of carbonyl (C=O) groups is 2. The van der Waals surface area contributed by atoms with Crippen LogP contribution in [0.1, 0.15) is 31.3 Å². The zero-order chi connectivity index (χ0) is 47.9. The number of thiophene rings is 3. The quantitative estimate of drug-likeness (QED) is 0.106. The fraction of sp³-hybridized carbons (Fsp3) is 0.314. The molecule has 70 heavy (non-hydrogen) atoms. The topological polar surface area (TPSA) is 162 Å². The van der Waals surface area contributed by atoms with Gasteiger partial charge in [0.1, 0.15) is 32.5 Å². The third-order valence-electron chi connectivity index (χ3n) is 12.3. The van der Waals surface area contributed by atoms with Crippen molar-refractivity contribution in [3.05, 3.63) is 122 Å². The number of aryl methyl sites for hydroxylation is 3. The summed E-state index contributed by atoms with van der Waals surface area (Å²) in [5, 5.41) is 17.0. The van der Waals surface area contributed by atoms with Crippen molar-refractivity contribution in [2.75, 3.05) is 102 Å². The second-order valence-corrected chi connectivity index (χ2v) is 21.2. The van der Waals surface area contributed by atoms with Crippen molar-refractivity contribution in [1.82, 2.24) is 29.8 Å². The van der Waals surface area contributed by atoms with Crippen LogP contribution in [0.2, 0.25) is 0 Å². The number of nitrogens with zero attached hydrogens (tertiary/aromatic N) is 8. The predicted molar refractivity (Wildman–Crippen MR) is 295 cm³/mol. The molecular weight excluding hydrogens is 958 g/mol. The number of likely N-dealkylation sites (N-methyl/N-ethyl adjacent to an activating group) is 1. The van der Waals surface area contributed by atoms with Gasteiger partial charge < -0.3 is 51.5 Å². The molecule has 0 unspecified atom stereocenters. The maximum atomic E-state index is 10.9. The van der Waals surface area contributed by atoms with Crippen LogP contribution >= 0.6 is 46.4 Å². The molecule has 0 saturated carbocycles. The number of nitrogens with two attached hydrogens (primary N) is 1. The highest BCUT2D eigenvalue weighted by atomic mass is 35.5. The molecule has 3 aromatic heterocycles. The Balaban J connectivity index is 0.000000131. The number of benzene rings is 3. The van der Waals surface area contributed by atoms with E-state index in [4.69, 9.17) is 15.7 Å². The Morgan fingerprint density at radius 2 is 0.886 bits per heavy atom. The van der Waals surface area contributed by atoms with Crippen molar-refractivity contribution in [2.24, 2.45) is 20.7 Å². The molecule has 6 aromatic rings. The maximum absolute atomic E-state index is 10.9. The lowest BCUT2D eigenvalue weighted by Crippen LogP contribution is -2.48. The highest BCUT2D eigenvalue weighted by molar-refractivity contribution is 7.17. The van der Waals surface area contributed by atoms with E-state index in [1.54, 1.807) is 38.9 Å². The molecule has 3 aromatic carbocycles. The Morgan fingerprint density at radius 3 is 1.31 bits per heavy atom. The van der Waals surface area contributed by atoms with E-state index in [0.29, 0.717) is 5.84 Å². The molecule has 15 nitrogen and oxygen atoms in total. The molecule has 0 radical (unpaired) electrons. The molecule has 3 fully saturated rings. The van der Waals surface area contributed by atoms with Gasteiger partial charge in [0, 0.05) is 93.2 Å². The molecule has 0 atom stereocenters. The lowest BCUT2D eigenvalue weighted by molar-refractivity contribution is -0.119. The van der Waals surface area contributed by atoms with Gasteiger partial charge in [-0.2, -0.15) is 0 Å². The van der Waals surface area contributed by atoms with Gasteiger partial charge in [-0.1, -0.05) is 36.4 Å². The minimum absolute atomic E-state index is 0. The van der Waals surface area contributed by atoms with Gasteiger partial charge in [-0.25, -0.2) is 15.0 Å². The number of hydrogen-bond donors (Lipinski definition) is 5. The molecule has 6 aliphatic rings. The van der Waals surface area contributed by atoms with Crippen molar-refractivity contribution in [1.29, 1.82) is 0 Å². The van der Waals surface area contributed by atoms with E-state index in [-0.39, 0.29) is 12.4 Å². The van der Waals surface area contributed by atoms with Crippen LogP contribution in [0.4, 0.5) is 49.1 Å². The number of nitrogens with one attached hydrogen (secondary N) is 4. The van der Waals surface area contributed by atoms with E-state index < -0.39 is 0 Å². The Bertz CT molecular complexity index is 2870. The van der Waals surface area contributed by atoms with Crippen LogP contribution in [0, 0.1) is 20.8 Å². The van der Waals surface area contributed by atoms with E-state index >= 15 is 0 Å². The number of aliphatic imine (C=N–C) groups is 3. The molecule has 6 N–H and O–H groups in total. The predicted octanol–water partition coefficient (Wildman–Crippen LogP) is 9.03. The Morgan fingerprint density at radius 1 is 0.514 bits per heavy atom. The highest BCUT2D eigenvalue weighted by Crippen LogP contribution is 2.41. The number of fused-ring (bicyclic) bond motifs is 6. The van der Waals surface area contributed by atoms with Crippen molar-refractivity contribution in [3.8, 4) is 0 Å². The van der Waals surface area contributed by atoms with Gasteiger partial charge in [0.15, 0.2) is 0 Å². The van der Waals surface area contributed by atoms with Gasteiger partial charge in [-0.15, -0.1) is 46.4 Å². The van der Waals surface area contributed by atoms with Gasteiger partial charge in [-0.3, -0.25) is 9.59 Å². The number of amidine groups is 3. The summed E-state index contributed by atoms with van der Waals surface area (Å²) in [6.45, 7) is 17.3. The van der Waals surface area contributed by atoms with Crippen LogP contribution in [-0.2, 0) is 9.59 Å². The van der Waals surface area contributed by atoms with Crippen LogP contribution in [0.3, 0.4) is 0 Å². The number of piperazine rings is 3. The van der Waals surface area contributed by atoms with Crippen molar-refractivity contribution in [3.63, 3.8) is 0 Å². The third-order valence-corrected chi connectivity index (χ3v) is 15.2. The normalized spacial score (nSPS) is 16.6. The summed E-state index contributed by atoms with van der Waals surface area (Å²) < 4.78 is 0. The molecule has 6 aliphatic heterocycles. The largest absolute Gasteiger partial charge is 0.383 e. The summed E-state index contributed by atoms with van der Waals surface area (Å²) in [6, 6.07) is 30.9. The fourth-order valence-electron chi connectivity index (χ4n) is 8.61. The summed E-state index contributed by atoms with van der Waals surface area (Å²) in [4.78, 5) is 49.9. The first-order valence-corrected chi connectivity index (χ1v) is 25.8. The Labute approximate surface area is 428 Å². The van der Waals surface area contributed by atoms with E-state index in [2.05, 4.69) is 117 Å². The Kier molecular flexibility index (Phi) is 16.5. The first-order chi connectivity index (χ1) is 33.6. The molecule has 0 aliphatic carbocycles. The SMILES string of the molecule is Cc1cc2c(s1)Nc1ccccc1N=C2N.Cc1cc2c(s1)Nc1ccccc1N=C2N1CCN(C)CC1.Cc1cc2c(s1)Nc1ccccc1N=C2N1CCN(C=O)CC1.Cl.O=CN1CCNCC1. The van der Waals surface area contributed by atoms with Gasteiger partial charge in [0.25, 0.3) is 0 Å². The smallest absolute Gasteiger partial charge is 0.209 e. The number of rotatable bonds is 2. The lowest BCUT2D eigenvalue weighted by Gasteiger charge is -2.34. The second kappa shape index (κ2) is 23.1. The van der Waals surface area contributed by atoms with E-state index in [1.807, 2.05) is 47.4 Å². The minimum Gasteiger partial charge on any atom is -0.383 e. The lowest BCUT2D eigenvalue weighted by atomic mass is 10.2. The number of halogens is 1. The number of para-hydroxylation sites is 6. The fourth-order valence-corrected chi connectivity index (χ4v) is 11.4.